The van der Waals surface area contributed by atoms with E-state index in [0.717, 1.165) is 167 Å². The first-order chi connectivity index (χ1) is 32.2. The summed E-state index contributed by atoms with van der Waals surface area (Å²) in [7, 11) is 0. The zero-order chi connectivity index (χ0) is 48.4. The Bertz CT molecular complexity index is 1110. The Morgan fingerprint density at radius 3 is 0.985 bits per heavy atom. The fraction of sp³-hybridized carbons (Fsp3) is 0.842. The average molecular weight is 933 g/mol. The molecule has 3 unspecified atom stereocenters. The second-order valence-corrected chi connectivity index (χ2v) is 19.0. The van der Waals surface area contributed by atoms with Gasteiger partial charge in [0.25, 0.3) is 0 Å². The van der Waals surface area contributed by atoms with Crippen molar-refractivity contribution < 1.29 is 43.9 Å². The number of rotatable bonds is 50. The van der Waals surface area contributed by atoms with E-state index < -0.39 is 6.10 Å². The standard InChI is InChI=1S/C57H104O9/c1-4-7-10-31-40-51(58)43-34-25-19-13-16-22-28-37-46-55(61)64-49-54(66-57(63)48-39-30-24-18-15-21-27-36-45-53(60)42-33-12-9-6-3)50-65-56(62)47-38-29-23-17-14-20-26-35-44-52(59)41-32-11-8-5-2/h25-27,34-36,51-54,58-60H,4-24,28-33,37-50H2,1-3H3/b34-25?,35-26?,36-27-. The summed E-state index contributed by atoms with van der Waals surface area (Å²) in [5.74, 6) is -1.04. The number of aliphatic hydroxyl groups is 3. The van der Waals surface area contributed by atoms with Crippen LogP contribution in [0.1, 0.15) is 271 Å². The molecule has 3 N–H and O–H groups in total. The summed E-state index contributed by atoms with van der Waals surface area (Å²) in [5, 5.41) is 30.4. The molecule has 9 heteroatoms. The molecule has 0 fully saturated rings. The highest BCUT2D eigenvalue weighted by atomic mass is 16.6. The molecule has 0 aromatic rings. The first-order valence-corrected chi connectivity index (χ1v) is 27.7. The second kappa shape index (κ2) is 50.4. The van der Waals surface area contributed by atoms with Gasteiger partial charge in [-0.3, -0.25) is 14.4 Å². The van der Waals surface area contributed by atoms with Gasteiger partial charge in [0.1, 0.15) is 13.2 Å². The Morgan fingerprint density at radius 2 is 0.652 bits per heavy atom. The third-order valence-electron chi connectivity index (χ3n) is 12.3. The lowest BCUT2D eigenvalue weighted by atomic mass is 10.1. The molecule has 3 atom stereocenters. The van der Waals surface area contributed by atoms with E-state index in [0.29, 0.717) is 19.3 Å². The third-order valence-corrected chi connectivity index (χ3v) is 12.3. The van der Waals surface area contributed by atoms with Crippen LogP contribution in [0.3, 0.4) is 0 Å². The van der Waals surface area contributed by atoms with Crippen molar-refractivity contribution in [2.24, 2.45) is 0 Å². The molecule has 0 saturated carbocycles. The van der Waals surface area contributed by atoms with Crippen molar-refractivity contribution >= 4 is 17.9 Å². The number of allylic oxidation sites excluding steroid dienone is 3. The Balaban J connectivity index is 4.51. The molecular weight excluding hydrogens is 829 g/mol. The Hall–Kier alpha value is -2.49. The van der Waals surface area contributed by atoms with E-state index in [9.17, 15) is 29.7 Å². The van der Waals surface area contributed by atoms with Crippen molar-refractivity contribution in [3.05, 3.63) is 36.5 Å². The molecule has 0 heterocycles. The van der Waals surface area contributed by atoms with Crippen LogP contribution in [0.5, 0.6) is 0 Å². The topological polar surface area (TPSA) is 140 Å². The van der Waals surface area contributed by atoms with Gasteiger partial charge in [-0.15, -0.1) is 0 Å². The van der Waals surface area contributed by atoms with Gasteiger partial charge in [-0.1, -0.05) is 192 Å². The Labute approximate surface area is 405 Å². The van der Waals surface area contributed by atoms with Crippen LogP contribution in [0.25, 0.3) is 0 Å². The maximum absolute atomic E-state index is 12.8. The minimum Gasteiger partial charge on any atom is -0.462 e. The van der Waals surface area contributed by atoms with E-state index in [4.69, 9.17) is 14.2 Å². The van der Waals surface area contributed by atoms with Crippen LogP contribution >= 0.6 is 0 Å². The zero-order valence-electron chi connectivity index (χ0n) is 43.1. The average Bonchev–Trinajstić information content (AvgIpc) is 3.30. The molecule has 0 spiro atoms. The van der Waals surface area contributed by atoms with Crippen LogP contribution in [0.2, 0.25) is 0 Å². The van der Waals surface area contributed by atoms with E-state index >= 15 is 0 Å². The summed E-state index contributed by atoms with van der Waals surface area (Å²) in [5.41, 5.74) is 0. The quantitative estimate of drug-likeness (QED) is 0.0235. The largest absolute Gasteiger partial charge is 0.462 e. The number of ether oxygens (including phenoxy) is 3. The van der Waals surface area contributed by atoms with Crippen molar-refractivity contribution in [2.75, 3.05) is 13.2 Å². The van der Waals surface area contributed by atoms with Crippen LogP contribution in [0.15, 0.2) is 36.5 Å². The molecule has 0 rings (SSSR count). The van der Waals surface area contributed by atoms with Crippen molar-refractivity contribution in [2.45, 2.75) is 296 Å². The number of esters is 3. The first-order valence-electron chi connectivity index (χ1n) is 27.7. The molecule has 0 amide bonds. The van der Waals surface area contributed by atoms with Crippen LogP contribution in [0.4, 0.5) is 0 Å². The van der Waals surface area contributed by atoms with Crippen molar-refractivity contribution in [1.29, 1.82) is 0 Å². The zero-order valence-corrected chi connectivity index (χ0v) is 43.1. The lowest BCUT2D eigenvalue weighted by Crippen LogP contribution is -2.30. The number of hydrogen-bond acceptors (Lipinski definition) is 9. The minimum atomic E-state index is -0.836. The summed E-state index contributed by atoms with van der Waals surface area (Å²) in [6, 6.07) is 0. The number of unbranched alkanes of at least 4 members (excludes halogenated alkanes) is 24. The van der Waals surface area contributed by atoms with Gasteiger partial charge in [0.05, 0.1) is 18.3 Å². The molecule has 0 aromatic carbocycles. The van der Waals surface area contributed by atoms with Gasteiger partial charge in [-0.05, 0) is 96.3 Å². The fourth-order valence-electron chi connectivity index (χ4n) is 7.95. The molecule has 66 heavy (non-hydrogen) atoms. The van der Waals surface area contributed by atoms with E-state index in [2.05, 4.69) is 57.2 Å². The van der Waals surface area contributed by atoms with E-state index in [1.807, 2.05) is 0 Å². The monoisotopic (exact) mass is 933 g/mol. The number of aliphatic hydroxyl groups excluding tert-OH is 3. The Morgan fingerprint density at radius 1 is 0.364 bits per heavy atom. The van der Waals surface area contributed by atoms with Gasteiger partial charge < -0.3 is 29.5 Å². The molecule has 0 aliphatic carbocycles. The van der Waals surface area contributed by atoms with Crippen LogP contribution in [0, 0.1) is 0 Å². The highest BCUT2D eigenvalue weighted by molar-refractivity contribution is 5.71. The predicted molar refractivity (Wildman–Crippen MR) is 274 cm³/mol. The SMILES string of the molecule is CCCCCCC(O)CC=CCCCCCCCC(=O)OCC(COC(=O)CCCCCCCC=CCC(O)CCCCCC)OC(=O)CCCCCCC/C=C\CC(O)CCCCCC. The molecule has 0 bridgehead atoms. The third kappa shape index (κ3) is 48.0. The molecular formula is C57H104O9. The van der Waals surface area contributed by atoms with E-state index in [1.54, 1.807) is 0 Å². The highest BCUT2D eigenvalue weighted by Crippen LogP contribution is 2.15. The van der Waals surface area contributed by atoms with Crippen molar-refractivity contribution in [1.82, 2.24) is 0 Å². The van der Waals surface area contributed by atoms with E-state index in [-0.39, 0.29) is 55.9 Å². The highest BCUT2D eigenvalue weighted by Gasteiger charge is 2.19. The summed E-state index contributed by atoms with van der Waals surface area (Å²) in [4.78, 5) is 38.1. The molecule has 0 saturated heterocycles. The van der Waals surface area contributed by atoms with Gasteiger partial charge >= 0.3 is 17.9 Å². The lowest BCUT2D eigenvalue weighted by Gasteiger charge is -2.18. The molecule has 386 valence electrons. The van der Waals surface area contributed by atoms with Crippen LogP contribution in [-0.4, -0.2) is 70.9 Å². The lowest BCUT2D eigenvalue weighted by molar-refractivity contribution is -0.167. The smallest absolute Gasteiger partial charge is 0.306 e. The second-order valence-electron chi connectivity index (χ2n) is 19.0. The first kappa shape index (κ1) is 63.5. The van der Waals surface area contributed by atoms with Gasteiger partial charge in [0.2, 0.25) is 0 Å². The molecule has 9 nitrogen and oxygen atoms in total. The van der Waals surface area contributed by atoms with Crippen LogP contribution in [-0.2, 0) is 28.6 Å². The molecule has 0 aromatic heterocycles. The van der Waals surface area contributed by atoms with Gasteiger partial charge in [-0.2, -0.15) is 0 Å². The number of hydrogen-bond donors (Lipinski definition) is 3. The number of carbonyl (C=O) groups is 3. The Kier molecular flexibility index (Phi) is 48.5. The normalized spacial score (nSPS) is 13.7. The van der Waals surface area contributed by atoms with Crippen LogP contribution < -0.4 is 0 Å². The van der Waals surface area contributed by atoms with E-state index in [1.165, 1.54) is 57.8 Å². The summed E-state index contributed by atoms with van der Waals surface area (Å²) in [6.07, 6.45) is 48.9. The minimum absolute atomic E-state index is 0.132. The van der Waals surface area contributed by atoms with Crippen molar-refractivity contribution in [3.63, 3.8) is 0 Å². The predicted octanol–water partition coefficient (Wildman–Crippen LogP) is 15.0. The molecule has 0 radical (unpaired) electrons. The summed E-state index contributed by atoms with van der Waals surface area (Å²) in [6.45, 7) is 6.33. The molecule has 0 aliphatic rings. The summed E-state index contributed by atoms with van der Waals surface area (Å²) >= 11 is 0. The van der Waals surface area contributed by atoms with Gasteiger partial charge in [-0.25, -0.2) is 0 Å². The maximum atomic E-state index is 12.8. The molecule has 0 aliphatic heterocycles. The number of carbonyl (C=O) groups excluding carboxylic acids is 3. The van der Waals surface area contributed by atoms with Crippen molar-refractivity contribution in [3.8, 4) is 0 Å². The fourth-order valence-corrected chi connectivity index (χ4v) is 7.95. The van der Waals surface area contributed by atoms with Gasteiger partial charge in [0, 0.05) is 19.3 Å². The van der Waals surface area contributed by atoms with Gasteiger partial charge in [0.15, 0.2) is 6.10 Å². The summed E-state index contributed by atoms with van der Waals surface area (Å²) < 4.78 is 16.7. The maximum Gasteiger partial charge on any atom is 0.306 e.